The van der Waals surface area contributed by atoms with Gasteiger partial charge in [-0.15, -0.1) is 0 Å². The Kier molecular flexibility index (Phi) is 4.61. The Morgan fingerprint density at radius 1 is 1.00 bits per heavy atom. The van der Waals surface area contributed by atoms with Crippen LogP contribution in [0, 0.1) is 0 Å². The molecular weight excluding hydrogens is 258 g/mol. The molecule has 1 amide bonds. The molecule has 15 heavy (non-hydrogen) atoms. The number of hydrogen-bond donors (Lipinski definition) is 2. The molecular formula is C3H4F6N2O3S. The summed E-state index contributed by atoms with van der Waals surface area (Å²) in [6.07, 6.45) is -5.70. The van der Waals surface area contributed by atoms with Crippen LogP contribution in [0.3, 0.4) is 0 Å². The molecule has 0 fully saturated rings. The van der Waals surface area contributed by atoms with Crippen LogP contribution >= 0.6 is 0 Å². The first-order valence-corrected chi connectivity index (χ1v) is 4.06. The maximum Gasteiger partial charge on any atom is 0.516 e. The highest BCUT2D eigenvalue weighted by atomic mass is 32.2. The van der Waals surface area contributed by atoms with Crippen LogP contribution in [0.15, 0.2) is 0 Å². The topological polar surface area (TPSA) is 98.2 Å². The Morgan fingerprint density at radius 3 is 1.53 bits per heavy atom. The van der Waals surface area contributed by atoms with Gasteiger partial charge < -0.3 is 6.15 Å². The minimum atomic E-state index is -6.30. The maximum atomic E-state index is 11.4. The highest BCUT2D eigenvalue weighted by Gasteiger charge is 2.51. The zero-order chi connectivity index (χ0) is 11.8. The van der Waals surface area contributed by atoms with Crippen molar-refractivity contribution in [1.82, 2.24) is 10.9 Å². The largest absolute Gasteiger partial charge is 0.516 e. The number of amides is 1. The second-order valence-electron chi connectivity index (χ2n) is 1.88. The summed E-state index contributed by atoms with van der Waals surface area (Å²) in [5.74, 6) is -3.20. The third-order valence-corrected chi connectivity index (χ3v) is 1.85. The van der Waals surface area contributed by atoms with Gasteiger partial charge >= 0.3 is 27.6 Å². The van der Waals surface area contributed by atoms with Crippen molar-refractivity contribution in [1.29, 1.82) is 0 Å². The van der Waals surface area contributed by atoms with Crippen LogP contribution < -0.4 is 10.9 Å². The van der Waals surface area contributed by atoms with Crippen molar-refractivity contribution in [3.8, 4) is 0 Å². The molecule has 0 aliphatic heterocycles. The minimum Gasteiger partial charge on any atom is -0.344 e. The summed E-state index contributed by atoms with van der Waals surface area (Å²) < 4.78 is 87.9. The lowest BCUT2D eigenvalue weighted by Crippen LogP contribution is -2.46. The lowest BCUT2D eigenvalue weighted by Gasteiger charge is -2.10. The Bertz CT molecular complexity index is 329. The predicted octanol–water partition coefficient (Wildman–Crippen LogP) is 0.677. The van der Waals surface area contributed by atoms with Crippen molar-refractivity contribution in [3.05, 3.63) is 0 Å². The number of rotatable bonds is 1. The fourth-order valence-electron chi connectivity index (χ4n) is 0.238. The van der Waals surface area contributed by atoms with E-state index in [0.29, 0.717) is 0 Å². The molecule has 92 valence electrons. The minimum absolute atomic E-state index is 0. The molecule has 0 bridgehead atoms. The first-order valence-electron chi connectivity index (χ1n) is 2.58. The zero-order valence-corrected chi connectivity index (χ0v) is 7.42. The lowest BCUT2D eigenvalue weighted by molar-refractivity contribution is -0.171. The van der Waals surface area contributed by atoms with E-state index in [2.05, 4.69) is 0 Å². The summed E-state index contributed by atoms with van der Waals surface area (Å²) in [6.45, 7) is 0. The van der Waals surface area contributed by atoms with Crippen molar-refractivity contribution < 1.29 is 39.6 Å². The number of hydrogen-bond acceptors (Lipinski definition) is 4. The van der Waals surface area contributed by atoms with Crippen LogP contribution in [0.5, 0.6) is 0 Å². The number of nitrogens with one attached hydrogen (secondary N) is 1. The number of carbonyl (C=O) groups excluding carboxylic acids is 1. The third kappa shape index (κ3) is 4.33. The number of sulfonamides is 1. The SMILES string of the molecule is N.O=C(NS(=O)(=O)C(F)(F)F)C(F)(F)F. The molecule has 0 rings (SSSR count). The van der Waals surface area contributed by atoms with Gasteiger partial charge in [0.2, 0.25) is 0 Å². The summed E-state index contributed by atoms with van der Waals surface area (Å²) >= 11 is 0. The van der Waals surface area contributed by atoms with E-state index in [-0.39, 0.29) is 10.9 Å². The van der Waals surface area contributed by atoms with E-state index in [1.807, 2.05) is 0 Å². The van der Waals surface area contributed by atoms with Crippen molar-refractivity contribution in [2.45, 2.75) is 11.7 Å². The lowest BCUT2D eigenvalue weighted by atomic mass is 10.6. The van der Waals surface area contributed by atoms with Crippen molar-refractivity contribution >= 4 is 15.9 Å². The van der Waals surface area contributed by atoms with E-state index in [1.165, 1.54) is 0 Å². The van der Waals surface area contributed by atoms with Gasteiger partial charge in [-0.05, 0) is 0 Å². The van der Waals surface area contributed by atoms with E-state index >= 15 is 0 Å². The van der Waals surface area contributed by atoms with Gasteiger partial charge in [-0.1, -0.05) is 0 Å². The monoisotopic (exact) mass is 262 g/mol. The summed E-state index contributed by atoms with van der Waals surface area (Å²) in [5, 5.41) is 0. The number of halogens is 6. The molecule has 12 heteroatoms. The quantitative estimate of drug-likeness (QED) is 0.678. The predicted molar refractivity (Wildman–Crippen MR) is 34.2 cm³/mol. The molecule has 0 unspecified atom stereocenters. The highest BCUT2D eigenvalue weighted by molar-refractivity contribution is 7.90. The first-order chi connectivity index (χ1) is 5.88. The second kappa shape index (κ2) is 4.22. The number of carbonyl (C=O) groups is 1. The fourth-order valence-corrected chi connectivity index (χ4v) is 0.713. The van der Waals surface area contributed by atoms with Gasteiger partial charge in [0.1, 0.15) is 0 Å². The van der Waals surface area contributed by atoms with Crippen LogP contribution in [-0.2, 0) is 14.8 Å². The average Bonchev–Trinajstić information content (AvgIpc) is 1.80. The zero-order valence-electron chi connectivity index (χ0n) is 6.61. The fraction of sp³-hybridized carbons (Fsp3) is 0.667. The van der Waals surface area contributed by atoms with Crippen LogP contribution in [0.2, 0.25) is 0 Å². The molecule has 0 saturated heterocycles. The third-order valence-electron chi connectivity index (χ3n) is 0.789. The number of alkyl halides is 6. The van der Waals surface area contributed by atoms with Crippen molar-refractivity contribution in [2.75, 3.05) is 0 Å². The Labute approximate surface area is 79.1 Å². The highest BCUT2D eigenvalue weighted by Crippen LogP contribution is 2.23. The van der Waals surface area contributed by atoms with Gasteiger partial charge in [0, 0.05) is 0 Å². The van der Waals surface area contributed by atoms with Gasteiger partial charge in [0.25, 0.3) is 0 Å². The van der Waals surface area contributed by atoms with Gasteiger partial charge in [-0.3, -0.25) is 4.79 Å². The summed E-state index contributed by atoms with van der Waals surface area (Å²) in [5.41, 5.74) is -5.96. The van der Waals surface area contributed by atoms with E-state index < -0.39 is 27.6 Å². The molecule has 0 atom stereocenters. The summed E-state index contributed by atoms with van der Waals surface area (Å²) in [6, 6.07) is 0. The van der Waals surface area contributed by atoms with Gasteiger partial charge in [-0.2, -0.15) is 34.8 Å². The molecule has 0 radical (unpaired) electrons. The van der Waals surface area contributed by atoms with E-state index in [1.54, 1.807) is 0 Å². The molecule has 0 heterocycles. The molecule has 5 nitrogen and oxygen atoms in total. The molecule has 0 aliphatic rings. The molecule has 0 aromatic carbocycles. The van der Waals surface area contributed by atoms with E-state index in [9.17, 15) is 39.6 Å². The van der Waals surface area contributed by atoms with Crippen LogP contribution in [-0.4, -0.2) is 26.0 Å². The standard InChI is InChI=1S/C3HF6NO3S.H3N/c4-2(5,6)1(11)10-14(12,13)3(7,8)9;/h(H,10,11);1H3. The Morgan fingerprint density at radius 2 is 1.33 bits per heavy atom. The first kappa shape index (κ1) is 16.4. The summed E-state index contributed by atoms with van der Waals surface area (Å²) in [4.78, 5) is 9.81. The second-order valence-corrected chi connectivity index (χ2v) is 3.55. The van der Waals surface area contributed by atoms with E-state index in [4.69, 9.17) is 0 Å². The average molecular weight is 262 g/mol. The van der Waals surface area contributed by atoms with Crippen LogP contribution in [0.1, 0.15) is 0 Å². The Hall–Kier alpha value is -1.04. The molecule has 0 saturated carbocycles. The molecule has 0 aromatic rings. The van der Waals surface area contributed by atoms with Gasteiger partial charge in [0.05, 0.1) is 0 Å². The Balaban J connectivity index is 0. The van der Waals surface area contributed by atoms with Crippen molar-refractivity contribution in [2.24, 2.45) is 0 Å². The normalized spacial score (nSPS) is 12.9. The maximum absolute atomic E-state index is 11.4. The molecule has 0 spiro atoms. The van der Waals surface area contributed by atoms with Gasteiger partial charge in [0.15, 0.2) is 0 Å². The van der Waals surface area contributed by atoms with Crippen molar-refractivity contribution in [3.63, 3.8) is 0 Å². The molecule has 4 N–H and O–H groups in total. The van der Waals surface area contributed by atoms with Gasteiger partial charge in [-0.25, -0.2) is 4.72 Å². The van der Waals surface area contributed by atoms with Crippen LogP contribution in [0.25, 0.3) is 0 Å². The molecule has 0 aliphatic carbocycles. The summed E-state index contributed by atoms with van der Waals surface area (Å²) in [7, 11) is -6.30. The van der Waals surface area contributed by atoms with Crippen LogP contribution in [0.4, 0.5) is 26.3 Å². The molecule has 0 aromatic heterocycles. The smallest absolute Gasteiger partial charge is 0.344 e. The van der Waals surface area contributed by atoms with E-state index in [0.717, 1.165) is 0 Å².